The molecule has 2 aliphatic rings. The van der Waals surface area contributed by atoms with Crippen LogP contribution in [0.2, 0.25) is 0 Å². The van der Waals surface area contributed by atoms with E-state index in [1.54, 1.807) is 6.20 Å². The van der Waals surface area contributed by atoms with Crippen LogP contribution in [-0.2, 0) is 29.6 Å². The molecule has 3 atom stereocenters. The van der Waals surface area contributed by atoms with Crippen LogP contribution in [0.15, 0.2) is 66.9 Å². The van der Waals surface area contributed by atoms with Gasteiger partial charge in [-0.05, 0) is 79.3 Å². The van der Waals surface area contributed by atoms with Crippen LogP contribution in [0.4, 0.5) is 0 Å². The predicted octanol–water partition coefficient (Wildman–Crippen LogP) is 5.77. The molecule has 2 aromatic carbocycles. The Morgan fingerprint density at radius 3 is 2.71 bits per heavy atom. The molecule has 4 nitrogen and oxygen atoms in total. The molecule has 0 amide bonds. The second kappa shape index (κ2) is 9.67. The highest BCUT2D eigenvalue weighted by Gasteiger charge is 2.50. The number of hydrogen-bond acceptors (Lipinski definition) is 4. The minimum absolute atomic E-state index is 0.103. The molecule has 0 bridgehead atoms. The number of aliphatic hydroxyl groups is 1. The van der Waals surface area contributed by atoms with Crippen LogP contribution in [0, 0.1) is 12.8 Å². The Balaban J connectivity index is 1.52. The predicted molar refractivity (Wildman–Crippen MR) is 138 cm³/mol. The molecule has 1 fully saturated rings. The molecule has 4 heteroatoms. The number of nitrogens with zero attached hydrogens (tertiary/aromatic N) is 1. The number of Topliss-reactive ketones (excluding diaryl/α,β-unsaturated/α-hetero) is 1. The minimum Gasteiger partial charge on any atom is -0.390 e. The van der Waals surface area contributed by atoms with E-state index in [-0.39, 0.29) is 17.1 Å². The summed E-state index contributed by atoms with van der Waals surface area (Å²) >= 11 is 0. The smallest absolute Gasteiger partial charge is 0.167 e. The fourth-order valence-corrected chi connectivity index (χ4v) is 6.26. The van der Waals surface area contributed by atoms with Crippen molar-refractivity contribution in [1.82, 2.24) is 4.98 Å². The topological polar surface area (TPSA) is 59.4 Å². The van der Waals surface area contributed by atoms with Crippen molar-refractivity contribution in [3.63, 3.8) is 0 Å². The van der Waals surface area contributed by atoms with E-state index in [1.165, 1.54) is 11.1 Å². The zero-order chi connectivity index (χ0) is 24.5. The van der Waals surface area contributed by atoms with Crippen molar-refractivity contribution in [3.05, 3.63) is 100 Å². The van der Waals surface area contributed by atoms with E-state index in [9.17, 15) is 9.90 Å². The summed E-state index contributed by atoms with van der Waals surface area (Å²) in [5.74, 6) is 0.327. The highest BCUT2D eigenvalue weighted by molar-refractivity contribution is 5.97. The number of carbonyl (C=O) groups is 1. The average Bonchev–Trinajstić information content (AvgIpc) is 3.02. The number of hydrogen-bond donors (Lipinski definition) is 1. The van der Waals surface area contributed by atoms with Crippen LogP contribution in [0.3, 0.4) is 0 Å². The Morgan fingerprint density at radius 1 is 1.11 bits per heavy atom. The van der Waals surface area contributed by atoms with Gasteiger partial charge in [0.05, 0.1) is 18.8 Å². The fraction of sp³-hybridized carbons (Fsp3) is 0.419. The van der Waals surface area contributed by atoms with Gasteiger partial charge in [-0.2, -0.15) is 0 Å². The lowest BCUT2D eigenvalue weighted by Crippen LogP contribution is -2.50. The molecule has 5 rings (SSSR count). The molecule has 0 radical (unpaired) electrons. The number of ether oxygens (including phenoxy) is 1. The molecular formula is C31H35NO3. The highest BCUT2D eigenvalue weighted by Crippen LogP contribution is 2.52. The number of benzene rings is 2. The van der Waals surface area contributed by atoms with E-state index in [0.717, 1.165) is 54.5 Å². The van der Waals surface area contributed by atoms with E-state index in [2.05, 4.69) is 54.4 Å². The Bertz CT molecular complexity index is 1210. The third-order valence-electron chi connectivity index (χ3n) is 8.47. The molecule has 0 saturated heterocycles. The first-order valence-electron chi connectivity index (χ1n) is 12.8. The van der Waals surface area contributed by atoms with Gasteiger partial charge in [-0.15, -0.1) is 0 Å². The fourth-order valence-electron chi connectivity index (χ4n) is 6.26. The first kappa shape index (κ1) is 23.9. The third-order valence-corrected chi connectivity index (χ3v) is 8.47. The van der Waals surface area contributed by atoms with Crippen molar-refractivity contribution >= 4 is 5.78 Å². The number of ketones is 1. The first-order chi connectivity index (χ1) is 16.9. The zero-order valence-corrected chi connectivity index (χ0v) is 20.8. The van der Waals surface area contributed by atoms with Crippen LogP contribution < -0.4 is 0 Å². The van der Waals surface area contributed by atoms with Crippen molar-refractivity contribution in [2.75, 3.05) is 6.61 Å². The van der Waals surface area contributed by atoms with Crippen molar-refractivity contribution in [3.8, 4) is 0 Å². The van der Waals surface area contributed by atoms with Crippen LogP contribution >= 0.6 is 0 Å². The summed E-state index contributed by atoms with van der Waals surface area (Å²) in [5, 5.41) is 11.2. The van der Waals surface area contributed by atoms with Gasteiger partial charge in [-0.3, -0.25) is 9.78 Å². The van der Waals surface area contributed by atoms with Crippen LogP contribution in [0.25, 0.3) is 0 Å². The highest BCUT2D eigenvalue weighted by atomic mass is 16.5. The first-order valence-corrected chi connectivity index (χ1v) is 12.8. The Morgan fingerprint density at radius 2 is 1.94 bits per heavy atom. The Labute approximate surface area is 208 Å². The summed E-state index contributed by atoms with van der Waals surface area (Å²) in [6.45, 7) is 5.15. The maximum Gasteiger partial charge on any atom is 0.167 e. The zero-order valence-electron chi connectivity index (χ0n) is 20.8. The van der Waals surface area contributed by atoms with Gasteiger partial charge in [0.2, 0.25) is 0 Å². The molecule has 182 valence electrons. The molecule has 2 heterocycles. The second-order valence-electron chi connectivity index (χ2n) is 10.5. The summed E-state index contributed by atoms with van der Waals surface area (Å²) in [7, 11) is 0. The van der Waals surface area contributed by atoms with Gasteiger partial charge in [-0.25, -0.2) is 0 Å². The van der Waals surface area contributed by atoms with E-state index in [1.807, 2.05) is 25.1 Å². The van der Waals surface area contributed by atoms with Crippen LogP contribution in [-0.4, -0.2) is 28.1 Å². The maximum atomic E-state index is 13.2. The summed E-state index contributed by atoms with van der Waals surface area (Å²) in [4.78, 5) is 17.5. The number of rotatable bonds is 6. The second-order valence-corrected chi connectivity index (χ2v) is 10.5. The van der Waals surface area contributed by atoms with Gasteiger partial charge in [0.25, 0.3) is 0 Å². The molecule has 1 aliphatic heterocycles. The number of pyridine rings is 1. The van der Waals surface area contributed by atoms with Crippen molar-refractivity contribution in [1.29, 1.82) is 0 Å². The molecule has 0 spiro atoms. The lowest BCUT2D eigenvalue weighted by Gasteiger charge is -2.50. The van der Waals surface area contributed by atoms with E-state index in [4.69, 9.17) is 4.74 Å². The molecule has 35 heavy (non-hydrogen) atoms. The minimum atomic E-state index is -0.629. The van der Waals surface area contributed by atoms with Crippen LogP contribution in [0.5, 0.6) is 0 Å². The summed E-state index contributed by atoms with van der Waals surface area (Å²) in [6.07, 6.45) is 6.23. The van der Waals surface area contributed by atoms with E-state index in [0.29, 0.717) is 19.6 Å². The summed E-state index contributed by atoms with van der Waals surface area (Å²) < 4.78 is 6.23. The number of aryl methyl sites for hydroxylation is 1. The molecule has 1 aromatic heterocycles. The molecule has 3 aromatic rings. The standard InChI is InChI=1S/C31H35NO3/c1-3-30(34)13-14-31(18-23-8-5-4-6-9-23)27(19-30)21-35-20-26-16-25(11-12-28(26)31)29(33)17-24-10-7-15-32-22(24)2/h4-12,15-16,27,34H,3,13-14,17-21H2,1-2H3/t27-,30-,31+/m1/s1. The molecule has 1 N–H and O–H groups in total. The normalized spacial score (nSPS) is 25.9. The summed E-state index contributed by atoms with van der Waals surface area (Å²) in [6, 6.07) is 20.8. The van der Waals surface area contributed by atoms with Crippen molar-refractivity contribution < 1.29 is 14.6 Å². The monoisotopic (exact) mass is 469 g/mol. The third kappa shape index (κ3) is 4.70. The Kier molecular flexibility index (Phi) is 6.61. The SMILES string of the molecule is CC[C@@]1(O)CC[C@@]2(Cc3ccccc3)c3ccc(C(=O)Cc4cccnc4C)cc3COC[C@H]2C1. The number of carbonyl (C=O) groups excluding carboxylic acids is 1. The lowest BCUT2D eigenvalue weighted by atomic mass is 9.56. The average molecular weight is 470 g/mol. The van der Waals surface area contributed by atoms with Gasteiger partial charge in [0.15, 0.2) is 5.78 Å². The molecule has 0 unspecified atom stereocenters. The van der Waals surface area contributed by atoms with Crippen molar-refractivity contribution in [2.24, 2.45) is 5.92 Å². The van der Waals surface area contributed by atoms with Gasteiger partial charge in [0, 0.05) is 29.3 Å². The number of aromatic nitrogens is 1. The molecular weight excluding hydrogens is 434 g/mol. The largest absolute Gasteiger partial charge is 0.390 e. The van der Waals surface area contributed by atoms with Crippen molar-refractivity contribution in [2.45, 2.75) is 70.0 Å². The van der Waals surface area contributed by atoms with Gasteiger partial charge in [0.1, 0.15) is 0 Å². The maximum absolute atomic E-state index is 13.2. The molecule has 1 saturated carbocycles. The van der Waals surface area contributed by atoms with Crippen LogP contribution in [0.1, 0.15) is 70.9 Å². The van der Waals surface area contributed by atoms with Gasteiger partial charge in [-0.1, -0.05) is 55.5 Å². The number of fused-ring (bicyclic) bond motifs is 3. The van der Waals surface area contributed by atoms with Gasteiger partial charge < -0.3 is 9.84 Å². The summed E-state index contributed by atoms with van der Waals surface area (Å²) in [5.41, 5.74) is 5.55. The van der Waals surface area contributed by atoms with E-state index < -0.39 is 5.60 Å². The van der Waals surface area contributed by atoms with Gasteiger partial charge >= 0.3 is 0 Å². The quantitative estimate of drug-likeness (QED) is 0.466. The molecule has 1 aliphatic carbocycles. The Hall–Kier alpha value is -2.82. The lowest BCUT2D eigenvalue weighted by molar-refractivity contribution is -0.0669. The van der Waals surface area contributed by atoms with E-state index >= 15 is 0 Å².